The number of nitrogens with one attached hydrogen (secondary N) is 2. The molecule has 0 aromatic heterocycles. The van der Waals surface area contributed by atoms with Crippen molar-refractivity contribution in [3.8, 4) is 0 Å². The third kappa shape index (κ3) is 5.21. The van der Waals surface area contributed by atoms with E-state index in [4.69, 9.17) is 10.5 Å². The average Bonchev–Trinajstić information content (AvgIpc) is 2.89. The molecule has 35 heavy (non-hydrogen) atoms. The molecule has 2 saturated heterocycles. The van der Waals surface area contributed by atoms with Gasteiger partial charge in [-0.25, -0.2) is 9.59 Å². The van der Waals surface area contributed by atoms with E-state index in [1.165, 1.54) is 19.1 Å². The van der Waals surface area contributed by atoms with Crippen molar-refractivity contribution in [1.29, 1.82) is 0 Å². The average molecular weight is 484 g/mol. The maximum Gasteiger partial charge on any atom is 0.338 e. The summed E-state index contributed by atoms with van der Waals surface area (Å²) in [5, 5.41) is 5.72. The maximum atomic E-state index is 12.9. The first-order chi connectivity index (χ1) is 16.9. The smallest absolute Gasteiger partial charge is 0.338 e. The second-order valence-electron chi connectivity index (χ2n) is 9.73. The molecule has 190 valence electrons. The lowest BCUT2D eigenvalue weighted by atomic mass is 9.83. The van der Waals surface area contributed by atoms with Crippen LogP contribution in [-0.2, 0) is 20.7 Å². The Kier molecular flexibility index (Phi) is 7.76. The van der Waals surface area contributed by atoms with Crippen molar-refractivity contribution < 1.29 is 19.1 Å². The van der Waals surface area contributed by atoms with Crippen LogP contribution in [-0.4, -0.2) is 73.1 Å². The second-order valence-corrected chi connectivity index (χ2v) is 9.73. The topological polar surface area (TPSA) is 117 Å². The number of piperidine rings is 2. The van der Waals surface area contributed by atoms with Crippen LogP contribution in [0, 0.1) is 0 Å². The van der Waals surface area contributed by atoms with Gasteiger partial charge in [0.05, 0.1) is 18.7 Å². The number of aryl methyl sites for hydroxylation is 1. The van der Waals surface area contributed by atoms with E-state index in [2.05, 4.69) is 27.4 Å². The molecule has 4 rings (SSSR count). The fourth-order valence-corrected chi connectivity index (χ4v) is 5.63. The van der Waals surface area contributed by atoms with Gasteiger partial charge in [0.25, 0.3) is 0 Å². The molecule has 3 amide bonds. The van der Waals surface area contributed by atoms with Gasteiger partial charge in [0.1, 0.15) is 5.54 Å². The van der Waals surface area contributed by atoms with E-state index >= 15 is 0 Å². The fraction of sp³-hybridized carbons (Fsp3) is 0.577. The Morgan fingerprint density at radius 3 is 2.31 bits per heavy atom. The molecule has 4 N–H and O–H groups in total. The summed E-state index contributed by atoms with van der Waals surface area (Å²) in [5.74, 6) is -0.729. The number of nitrogens with two attached hydrogens (primary N) is 1. The zero-order chi connectivity index (χ0) is 25.0. The predicted octanol–water partition coefficient (Wildman–Crippen LogP) is 1.84. The number of hydrogen-bond acceptors (Lipinski definition) is 6. The van der Waals surface area contributed by atoms with Crippen molar-refractivity contribution in [3.63, 3.8) is 0 Å². The number of carbonyl (C=O) groups excluding carboxylic acids is 3. The highest BCUT2D eigenvalue weighted by atomic mass is 16.5. The number of carbonyl (C=O) groups is 3. The number of urea groups is 1. The van der Waals surface area contributed by atoms with Gasteiger partial charge in [-0.05, 0) is 56.3 Å². The van der Waals surface area contributed by atoms with Gasteiger partial charge >= 0.3 is 12.0 Å². The van der Waals surface area contributed by atoms with Crippen LogP contribution in [0.5, 0.6) is 0 Å². The highest BCUT2D eigenvalue weighted by Crippen LogP contribution is 2.33. The summed E-state index contributed by atoms with van der Waals surface area (Å²) in [5.41, 5.74) is 8.26. The number of nitrogens with zero attached hydrogens (tertiary/aromatic N) is 2. The van der Waals surface area contributed by atoms with Crippen molar-refractivity contribution >= 4 is 17.9 Å². The first kappa shape index (κ1) is 25.2. The highest BCUT2D eigenvalue weighted by Gasteiger charge is 2.45. The third-order valence-electron chi connectivity index (χ3n) is 7.77. The summed E-state index contributed by atoms with van der Waals surface area (Å²) in [4.78, 5) is 42.5. The number of benzene rings is 1. The Morgan fingerprint density at radius 2 is 1.74 bits per heavy atom. The predicted molar refractivity (Wildman–Crippen MR) is 132 cm³/mol. The van der Waals surface area contributed by atoms with Crippen LogP contribution >= 0.6 is 0 Å². The number of amides is 3. The van der Waals surface area contributed by atoms with E-state index in [0.29, 0.717) is 43.7 Å². The molecule has 9 nitrogen and oxygen atoms in total. The van der Waals surface area contributed by atoms with Crippen LogP contribution < -0.4 is 16.4 Å². The second kappa shape index (κ2) is 10.8. The van der Waals surface area contributed by atoms with Gasteiger partial charge in [-0.15, -0.1) is 0 Å². The largest absolute Gasteiger partial charge is 0.466 e. The van der Waals surface area contributed by atoms with E-state index in [1.54, 1.807) is 0 Å². The molecule has 1 unspecified atom stereocenters. The van der Waals surface area contributed by atoms with Gasteiger partial charge in [0.2, 0.25) is 5.91 Å². The minimum Gasteiger partial charge on any atom is -0.466 e. The van der Waals surface area contributed by atoms with E-state index in [1.807, 2.05) is 24.3 Å². The number of rotatable bonds is 7. The van der Waals surface area contributed by atoms with Crippen molar-refractivity contribution in [2.75, 3.05) is 39.8 Å². The standard InChI is InChI=1S/C26H37N5O4/c1-3-18-7-9-19(10-8-18)22-21(23(32)35-2)20(28-25(34)29-22)17-30-15-11-26(12-16-30,24(27)33)31-13-5-4-6-14-31/h7-10,22H,3-6,11-17H2,1-2H3,(H2,27,33)(H2,28,29,34). The number of likely N-dealkylation sites (tertiary alicyclic amines) is 2. The molecule has 3 aliphatic rings. The van der Waals surface area contributed by atoms with Gasteiger partial charge in [-0.1, -0.05) is 37.6 Å². The van der Waals surface area contributed by atoms with Crippen molar-refractivity contribution in [2.45, 2.75) is 57.0 Å². The molecule has 1 aromatic rings. The first-order valence-electron chi connectivity index (χ1n) is 12.6. The number of esters is 1. The Hall–Kier alpha value is -2.91. The summed E-state index contributed by atoms with van der Waals surface area (Å²) >= 11 is 0. The van der Waals surface area contributed by atoms with E-state index < -0.39 is 17.6 Å². The van der Waals surface area contributed by atoms with Gasteiger partial charge < -0.3 is 21.1 Å². The van der Waals surface area contributed by atoms with E-state index in [0.717, 1.165) is 37.9 Å². The van der Waals surface area contributed by atoms with Crippen molar-refractivity contribution in [1.82, 2.24) is 20.4 Å². The molecule has 0 aliphatic carbocycles. The molecular weight excluding hydrogens is 446 g/mol. The lowest BCUT2D eigenvalue weighted by Crippen LogP contribution is -2.63. The molecule has 0 spiro atoms. The van der Waals surface area contributed by atoms with Gasteiger partial charge in [0, 0.05) is 25.3 Å². The Labute approximate surface area is 207 Å². The van der Waals surface area contributed by atoms with Gasteiger partial charge in [0.15, 0.2) is 0 Å². The van der Waals surface area contributed by atoms with Crippen LogP contribution in [0.25, 0.3) is 0 Å². The zero-order valence-electron chi connectivity index (χ0n) is 20.8. The molecule has 0 bridgehead atoms. The molecule has 3 heterocycles. The lowest BCUT2D eigenvalue weighted by Gasteiger charge is -2.48. The van der Waals surface area contributed by atoms with Crippen LogP contribution in [0.3, 0.4) is 0 Å². The van der Waals surface area contributed by atoms with Crippen LogP contribution in [0.15, 0.2) is 35.5 Å². The molecule has 1 atom stereocenters. The maximum absolute atomic E-state index is 12.9. The SMILES string of the molecule is CCc1ccc(C2NC(=O)NC(CN3CCC(C(N)=O)(N4CCCCC4)CC3)=C2C(=O)OC)cc1. The highest BCUT2D eigenvalue weighted by molar-refractivity contribution is 5.95. The van der Waals surface area contributed by atoms with Gasteiger partial charge in [-0.3, -0.25) is 14.6 Å². The molecule has 0 radical (unpaired) electrons. The lowest BCUT2D eigenvalue weighted by molar-refractivity contribution is -0.136. The van der Waals surface area contributed by atoms with E-state index in [9.17, 15) is 14.4 Å². The number of primary amides is 1. The minimum absolute atomic E-state index is 0.251. The zero-order valence-corrected chi connectivity index (χ0v) is 20.8. The molecule has 9 heteroatoms. The number of hydrogen-bond donors (Lipinski definition) is 3. The summed E-state index contributed by atoms with van der Waals surface area (Å²) in [6, 6.07) is 6.95. The summed E-state index contributed by atoms with van der Waals surface area (Å²) in [6.07, 6.45) is 5.55. The molecular formula is C26H37N5O4. The number of ether oxygens (including phenoxy) is 1. The van der Waals surface area contributed by atoms with Crippen LogP contribution in [0.1, 0.15) is 56.2 Å². The van der Waals surface area contributed by atoms with Crippen LogP contribution in [0.4, 0.5) is 4.79 Å². The van der Waals surface area contributed by atoms with E-state index in [-0.39, 0.29) is 11.9 Å². The molecule has 1 aromatic carbocycles. The minimum atomic E-state index is -0.614. The monoisotopic (exact) mass is 483 g/mol. The Morgan fingerprint density at radius 1 is 1.09 bits per heavy atom. The third-order valence-corrected chi connectivity index (χ3v) is 7.77. The fourth-order valence-electron chi connectivity index (χ4n) is 5.63. The van der Waals surface area contributed by atoms with Crippen molar-refractivity contribution in [2.24, 2.45) is 5.73 Å². The molecule has 2 fully saturated rings. The summed E-state index contributed by atoms with van der Waals surface area (Å²) in [7, 11) is 1.35. The Balaban J connectivity index is 1.56. The number of methoxy groups -OCH3 is 1. The van der Waals surface area contributed by atoms with Crippen LogP contribution in [0.2, 0.25) is 0 Å². The Bertz CT molecular complexity index is 976. The first-order valence-corrected chi connectivity index (χ1v) is 12.6. The molecule has 3 aliphatic heterocycles. The summed E-state index contributed by atoms with van der Waals surface area (Å²) in [6.45, 7) is 5.57. The van der Waals surface area contributed by atoms with Crippen molar-refractivity contribution in [3.05, 3.63) is 46.7 Å². The summed E-state index contributed by atoms with van der Waals surface area (Å²) < 4.78 is 5.11. The molecule has 0 saturated carbocycles. The van der Waals surface area contributed by atoms with Gasteiger partial charge in [-0.2, -0.15) is 0 Å². The quantitative estimate of drug-likeness (QED) is 0.510. The normalized spacial score (nSPS) is 23.4.